The molecule has 7 heteroatoms. The van der Waals surface area contributed by atoms with Crippen LogP contribution in [0.3, 0.4) is 0 Å². The first kappa shape index (κ1) is 21.8. The minimum atomic E-state index is -0.741. The number of nitrogens with zero attached hydrogens (tertiary/aromatic N) is 2. The normalized spacial score (nSPS) is 17.6. The molecule has 3 aromatic rings. The molecule has 1 aliphatic rings. The molecule has 0 aliphatic carbocycles. The predicted molar refractivity (Wildman–Crippen MR) is 124 cm³/mol. The number of carbonyl (C=O) groups is 2. The van der Waals surface area contributed by atoms with Gasteiger partial charge < -0.3 is 14.7 Å². The average molecular weight is 493 g/mol. The molecule has 0 saturated carbocycles. The van der Waals surface area contributed by atoms with Crippen LogP contribution in [0.15, 0.2) is 83.1 Å². The molecule has 2 aromatic carbocycles. The van der Waals surface area contributed by atoms with Gasteiger partial charge in [-0.3, -0.25) is 14.6 Å². The maximum absolute atomic E-state index is 13.1. The van der Waals surface area contributed by atoms with Crippen LogP contribution >= 0.6 is 15.9 Å². The SMILES string of the molecule is CCOc1ccc(C2/C(=C(\O)c3ccc(Br)cc3)C(=O)C(=O)N2Cc2cccnc2)cc1. The molecule has 1 N–H and O–H groups in total. The van der Waals surface area contributed by atoms with E-state index in [1.54, 1.807) is 54.9 Å². The number of carbonyl (C=O) groups excluding carboxylic acids is 2. The van der Waals surface area contributed by atoms with E-state index in [-0.39, 0.29) is 17.9 Å². The molecule has 1 atom stereocenters. The Morgan fingerprint density at radius 3 is 2.44 bits per heavy atom. The highest BCUT2D eigenvalue weighted by Crippen LogP contribution is 2.40. The van der Waals surface area contributed by atoms with E-state index in [2.05, 4.69) is 20.9 Å². The van der Waals surface area contributed by atoms with E-state index in [1.165, 1.54) is 4.90 Å². The highest BCUT2D eigenvalue weighted by Gasteiger charge is 2.46. The lowest BCUT2D eigenvalue weighted by Crippen LogP contribution is -2.29. The molecule has 0 spiro atoms. The Hall–Kier alpha value is -3.45. The van der Waals surface area contributed by atoms with E-state index >= 15 is 0 Å². The summed E-state index contributed by atoms with van der Waals surface area (Å²) in [5.74, 6) is -0.892. The van der Waals surface area contributed by atoms with Crippen molar-refractivity contribution < 1.29 is 19.4 Å². The van der Waals surface area contributed by atoms with Gasteiger partial charge in [-0.05, 0) is 48.4 Å². The van der Waals surface area contributed by atoms with Gasteiger partial charge in [-0.25, -0.2) is 0 Å². The van der Waals surface area contributed by atoms with Crippen LogP contribution < -0.4 is 4.74 Å². The van der Waals surface area contributed by atoms with Crippen molar-refractivity contribution in [2.24, 2.45) is 0 Å². The van der Waals surface area contributed by atoms with Crippen LogP contribution in [0.5, 0.6) is 5.75 Å². The van der Waals surface area contributed by atoms with Gasteiger partial charge in [0.25, 0.3) is 11.7 Å². The molecule has 1 saturated heterocycles. The van der Waals surface area contributed by atoms with Gasteiger partial charge in [0.2, 0.25) is 0 Å². The van der Waals surface area contributed by atoms with Crippen LogP contribution in [0.4, 0.5) is 0 Å². The van der Waals surface area contributed by atoms with Gasteiger partial charge in [-0.1, -0.05) is 46.3 Å². The Kier molecular flexibility index (Phi) is 6.37. The molecular formula is C25H21BrN2O4. The second-order valence-corrected chi connectivity index (χ2v) is 8.21. The second-order valence-electron chi connectivity index (χ2n) is 7.30. The molecule has 0 bridgehead atoms. The van der Waals surface area contributed by atoms with Gasteiger partial charge in [0, 0.05) is 29.0 Å². The summed E-state index contributed by atoms with van der Waals surface area (Å²) in [7, 11) is 0. The number of Topliss-reactive ketones (excluding diaryl/α,β-unsaturated/α-hetero) is 1. The molecular weight excluding hydrogens is 472 g/mol. The molecule has 1 aliphatic heterocycles. The van der Waals surface area contributed by atoms with Gasteiger partial charge in [0.05, 0.1) is 18.2 Å². The first-order valence-corrected chi connectivity index (χ1v) is 10.9. The monoisotopic (exact) mass is 492 g/mol. The maximum Gasteiger partial charge on any atom is 0.295 e. The van der Waals surface area contributed by atoms with E-state index in [1.807, 2.05) is 25.1 Å². The maximum atomic E-state index is 13.1. The number of aromatic nitrogens is 1. The summed E-state index contributed by atoms with van der Waals surface area (Å²) in [5.41, 5.74) is 2.01. The van der Waals surface area contributed by atoms with Crippen molar-refractivity contribution in [3.05, 3.63) is 99.8 Å². The summed E-state index contributed by atoms with van der Waals surface area (Å²) in [6.45, 7) is 2.62. The summed E-state index contributed by atoms with van der Waals surface area (Å²) in [6, 6.07) is 17.0. The minimum absolute atomic E-state index is 0.0605. The van der Waals surface area contributed by atoms with Gasteiger partial charge in [0.1, 0.15) is 11.5 Å². The first-order chi connectivity index (χ1) is 15.5. The highest BCUT2D eigenvalue weighted by atomic mass is 79.9. The summed E-state index contributed by atoms with van der Waals surface area (Å²) in [5, 5.41) is 11.1. The van der Waals surface area contributed by atoms with Crippen LogP contribution in [0, 0.1) is 0 Å². The van der Waals surface area contributed by atoms with Crippen molar-refractivity contribution in [2.45, 2.75) is 19.5 Å². The number of pyridine rings is 1. The van der Waals surface area contributed by atoms with Crippen LogP contribution in [-0.2, 0) is 16.1 Å². The van der Waals surface area contributed by atoms with Gasteiger partial charge in [0.15, 0.2) is 0 Å². The third kappa shape index (κ3) is 4.29. The summed E-state index contributed by atoms with van der Waals surface area (Å²) >= 11 is 3.37. The fourth-order valence-corrected chi connectivity index (χ4v) is 4.02. The largest absolute Gasteiger partial charge is 0.507 e. The number of ketones is 1. The lowest BCUT2D eigenvalue weighted by molar-refractivity contribution is -0.140. The van der Waals surface area contributed by atoms with Gasteiger partial charge in [-0.15, -0.1) is 0 Å². The van der Waals surface area contributed by atoms with Crippen molar-refractivity contribution in [3.63, 3.8) is 0 Å². The third-order valence-corrected chi connectivity index (χ3v) is 5.77. The Labute approximate surface area is 194 Å². The number of ether oxygens (including phenoxy) is 1. The quantitative estimate of drug-likeness (QED) is 0.301. The number of hydrogen-bond acceptors (Lipinski definition) is 5. The lowest BCUT2D eigenvalue weighted by atomic mass is 9.95. The lowest BCUT2D eigenvalue weighted by Gasteiger charge is -2.25. The molecule has 1 fully saturated rings. The molecule has 0 radical (unpaired) electrons. The van der Waals surface area contributed by atoms with Gasteiger partial charge >= 0.3 is 0 Å². The fraction of sp³-hybridized carbons (Fsp3) is 0.160. The molecule has 2 heterocycles. The molecule has 6 nitrogen and oxygen atoms in total. The summed E-state index contributed by atoms with van der Waals surface area (Å²) in [6.07, 6.45) is 3.30. The highest BCUT2D eigenvalue weighted by molar-refractivity contribution is 9.10. The topological polar surface area (TPSA) is 79.7 Å². The number of halogens is 1. The molecule has 1 amide bonds. The summed E-state index contributed by atoms with van der Waals surface area (Å²) < 4.78 is 6.36. The average Bonchev–Trinajstić information content (AvgIpc) is 3.05. The molecule has 4 rings (SSSR count). The zero-order valence-electron chi connectivity index (χ0n) is 17.4. The number of aliphatic hydroxyl groups is 1. The van der Waals surface area contributed by atoms with Crippen molar-refractivity contribution in [1.29, 1.82) is 0 Å². The number of hydrogen-bond donors (Lipinski definition) is 1. The van der Waals surface area contributed by atoms with E-state index in [4.69, 9.17) is 4.74 Å². The predicted octanol–water partition coefficient (Wildman–Crippen LogP) is 4.86. The Morgan fingerprint density at radius 2 is 1.81 bits per heavy atom. The number of aliphatic hydroxyl groups excluding tert-OH is 1. The molecule has 32 heavy (non-hydrogen) atoms. The molecule has 162 valence electrons. The van der Waals surface area contributed by atoms with Crippen molar-refractivity contribution >= 4 is 33.4 Å². The van der Waals surface area contributed by atoms with E-state index in [0.29, 0.717) is 23.5 Å². The van der Waals surface area contributed by atoms with E-state index in [0.717, 1.165) is 10.0 Å². The first-order valence-electron chi connectivity index (χ1n) is 10.2. The van der Waals surface area contributed by atoms with Crippen molar-refractivity contribution in [2.75, 3.05) is 6.61 Å². The minimum Gasteiger partial charge on any atom is -0.507 e. The Morgan fingerprint density at radius 1 is 1.09 bits per heavy atom. The van der Waals surface area contributed by atoms with Gasteiger partial charge in [-0.2, -0.15) is 0 Å². The standard InChI is InChI=1S/C25H21BrN2O4/c1-2-32-20-11-7-17(8-12-20)22-21(23(29)18-5-9-19(26)10-6-18)24(30)25(31)28(22)15-16-4-3-13-27-14-16/h3-14,22,29H,2,15H2,1H3/b23-21+. The molecule has 1 aromatic heterocycles. The zero-order valence-corrected chi connectivity index (χ0v) is 19.0. The zero-order chi connectivity index (χ0) is 22.7. The number of rotatable bonds is 6. The smallest absolute Gasteiger partial charge is 0.295 e. The molecule has 1 unspecified atom stereocenters. The van der Waals surface area contributed by atoms with Crippen LogP contribution in [0.25, 0.3) is 5.76 Å². The fourth-order valence-electron chi connectivity index (χ4n) is 3.75. The van der Waals surface area contributed by atoms with Crippen LogP contribution in [-0.4, -0.2) is 33.3 Å². The van der Waals surface area contributed by atoms with Crippen LogP contribution in [0.1, 0.15) is 29.7 Å². The number of likely N-dealkylation sites (tertiary alicyclic amines) is 1. The number of amides is 1. The van der Waals surface area contributed by atoms with Crippen molar-refractivity contribution in [3.8, 4) is 5.75 Å². The summed E-state index contributed by atoms with van der Waals surface area (Å²) in [4.78, 5) is 31.7. The number of benzene rings is 2. The Bertz CT molecular complexity index is 1160. The third-order valence-electron chi connectivity index (χ3n) is 5.24. The van der Waals surface area contributed by atoms with E-state index < -0.39 is 17.7 Å². The Balaban J connectivity index is 1.83. The van der Waals surface area contributed by atoms with Crippen molar-refractivity contribution in [1.82, 2.24) is 9.88 Å². The van der Waals surface area contributed by atoms with E-state index in [9.17, 15) is 14.7 Å². The van der Waals surface area contributed by atoms with Crippen LogP contribution in [0.2, 0.25) is 0 Å². The second kappa shape index (κ2) is 9.36.